The molecule has 5 nitrogen and oxygen atoms in total. The Morgan fingerprint density at radius 1 is 1.12 bits per heavy atom. The van der Waals surface area contributed by atoms with Crippen LogP contribution in [0.15, 0.2) is 36.4 Å². The molecule has 2 aromatic rings. The standard InChI is InChI=1S/C18H20F2N2O3S/c1-12-5-4-6-17(13(12)2)22(26(3,24)25)10-9-18(23)21-14-7-8-15(19)16(20)11-14/h4-8,11H,9-10H2,1-3H3,(H,21,23). The summed E-state index contributed by atoms with van der Waals surface area (Å²) >= 11 is 0. The summed E-state index contributed by atoms with van der Waals surface area (Å²) in [4.78, 5) is 12.1. The minimum absolute atomic E-state index is 0.0708. The molecule has 0 fully saturated rings. The summed E-state index contributed by atoms with van der Waals surface area (Å²) in [5.74, 6) is -2.59. The highest BCUT2D eigenvalue weighted by molar-refractivity contribution is 7.92. The molecule has 1 N–H and O–H groups in total. The third-order valence-corrected chi connectivity index (χ3v) is 5.17. The van der Waals surface area contributed by atoms with Crippen molar-refractivity contribution < 1.29 is 22.0 Å². The van der Waals surface area contributed by atoms with Crippen molar-refractivity contribution in [2.45, 2.75) is 20.3 Å². The number of rotatable bonds is 6. The number of nitrogens with zero attached hydrogens (tertiary/aromatic N) is 1. The highest BCUT2D eigenvalue weighted by Crippen LogP contribution is 2.25. The molecule has 0 aliphatic carbocycles. The van der Waals surface area contributed by atoms with Gasteiger partial charge in [-0.3, -0.25) is 9.10 Å². The second kappa shape index (κ2) is 7.82. The van der Waals surface area contributed by atoms with Gasteiger partial charge >= 0.3 is 0 Å². The quantitative estimate of drug-likeness (QED) is 0.833. The SMILES string of the molecule is Cc1cccc(N(CCC(=O)Nc2ccc(F)c(F)c2)S(C)(=O)=O)c1C. The maximum atomic E-state index is 13.2. The predicted octanol–water partition coefficient (Wildman–Crippen LogP) is 3.38. The van der Waals surface area contributed by atoms with E-state index in [0.29, 0.717) is 5.69 Å². The van der Waals surface area contributed by atoms with Crippen LogP contribution in [0.25, 0.3) is 0 Å². The second-order valence-electron chi connectivity index (χ2n) is 5.98. The third kappa shape index (κ3) is 4.78. The normalized spacial score (nSPS) is 11.3. The molecule has 26 heavy (non-hydrogen) atoms. The van der Waals surface area contributed by atoms with E-state index in [9.17, 15) is 22.0 Å². The number of aryl methyl sites for hydroxylation is 1. The molecule has 8 heteroatoms. The molecule has 1 amide bonds. The van der Waals surface area contributed by atoms with Gasteiger partial charge in [0.15, 0.2) is 11.6 Å². The van der Waals surface area contributed by atoms with E-state index in [1.54, 1.807) is 12.1 Å². The molecule has 0 aliphatic rings. The summed E-state index contributed by atoms with van der Waals surface area (Å²) in [7, 11) is -3.59. The van der Waals surface area contributed by atoms with E-state index in [-0.39, 0.29) is 18.7 Å². The van der Waals surface area contributed by atoms with Gasteiger partial charge in [0.25, 0.3) is 0 Å². The van der Waals surface area contributed by atoms with Crippen LogP contribution in [-0.2, 0) is 14.8 Å². The second-order valence-corrected chi connectivity index (χ2v) is 7.89. The van der Waals surface area contributed by atoms with Gasteiger partial charge in [-0.25, -0.2) is 17.2 Å². The summed E-state index contributed by atoms with van der Waals surface area (Å²) in [6.45, 7) is 3.61. The number of carbonyl (C=O) groups excluding carboxylic acids is 1. The van der Waals surface area contributed by atoms with Crippen molar-refractivity contribution in [3.05, 3.63) is 59.2 Å². The van der Waals surface area contributed by atoms with Crippen molar-refractivity contribution in [1.82, 2.24) is 0 Å². The van der Waals surface area contributed by atoms with Crippen LogP contribution in [0, 0.1) is 25.5 Å². The number of halogens is 2. The third-order valence-electron chi connectivity index (χ3n) is 3.99. The maximum Gasteiger partial charge on any atom is 0.232 e. The van der Waals surface area contributed by atoms with Crippen LogP contribution < -0.4 is 9.62 Å². The molecular formula is C18H20F2N2O3S. The van der Waals surface area contributed by atoms with Crippen molar-refractivity contribution in [1.29, 1.82) is 0 Å². The van der Waals surface area contributed by atoms with Gasteiger partial charge in [-0.15, -0.1) is 0 Å². The predicted molar refractivity (Wildman–Crippen MR) is 97.7 cm³/mol. The van der Waals surface area contributed by atoms with Gasteiger partial charge in [-0.1, -0.05) is 12.1 Å². The summed E-state index contributed by atoms with van der Waals surface area (Å²) in [5, 5.41) is 2.43. The number of sulfonamides is 1. The average Bonchev–Trinajstić information content (AvgIpc) is 2.54. The van der Waals surface area contributed by atoms with E-state index in [0.717, 1.165) is 29.5 Å². The number of carbonyl (C=O) groups is 1. The van der Waals surface area contributed by atoms with Crippen LogP contribution in [-0.4, -0.2) is 27.1 Å². The number of anilines is 2. The lowest BCUT2D eigenvalue weighted by molar-refractivity contribution is -0.116. The summed E-state index contributed by atoms with van der Waals surface area (Å²) in [6.07, 6.45) is 0.932. The van der Waals surface area contributed by atoms with Gasteiger partial charge in [0.1, 0.15) is 0 Å². The fourth-order valence-electron chi connectivity index (χ4n) is 2.47. The Labute approximate surface area is 151 Å². The van der Waals surface area contributed by atoms with Crippen molar-refractivity contribution >= 4 is 27.3 Å². The Balaban J connectivity index is 2.13. The summed E-state index contributed by atoms with van der Waals surface area (Å²) in [5.41, 5.74) is 2.35. The van der Waals surface area contributed by atoms with Gasteiger partial charge in [0.05, 0.1) is 11.9 Å². The van der Waals surface area contributed by atoms with Gasteiger partial charge in [0.2, 0.25) is 15.9 Å². The molecule has 0 unspecified atom stereocenters. The van der Waals surface area contributed by atoms with Gasteiger partial charge in [0, 0.05) is 24.7 Å². The van der Waals surface area contributed by atoms with Crippen molar-refractivity contribution in [2.24, 2.45) is 0 Å². The van der Waals surface area contributed by atoms with E-state index in [2.05, 4.69) is 5.32 Å². The first-order valence-corrected chi connectivity index (χ1v) is 9.73. The number of nitrogens with one attached hydrogen (secondary N) is 1. The van der Waals surface area contributed by atoms with Crippen LogP contribution in [0.2, 0.25) is 0 Å². The number of benzene rings is 2. The number of hydrogen-bond acceptors (Lipinski definition) is 3. The Morgan fingerprint density at radius 3 is 2.42 bits per heavy atom. The number of hydrogen-bond donors (Lipinski definition) is 1. The zero-order valence-corrected chi connectivity index (χ0v) is 15.5. The van der Waals surface area contributed by atoms with Crippen molar-refractivity contribution in [3.8, 4) is 0 Å². The number of amides is 1. The van der Waals surface area contributed by atoms with E-state index in [1.807, 2.05) is 19.9 Å². The molecule has 0 aliphatic heterocycles. The monoisotopic (exact) mass is 382 g/mol. The molecule has 140 valence electrons. The average molecular weight is 382 g/mol. The molecular weight excluding hydrogens is 362 g/mol. The molecule has 0 spiro atoms. The lowest BCUT2D eigenvalue weighted by atomic mass is 10.1. The molecule has 2 aromatic carbocycles. The van der Waals surface area contributed by atoms with Crippen molar-refractivity contribution in [3.63, 3.8) is 0 Å². The molecule has 0 bridgehead atoms. The van der Waals surface area contributed by atoms with Gasteiger partial charge < -0.3 is 5.32 Å². The van der Waals surface area contributed by atoms with Crippen molar-refractivity contribution in [2.75, 3.05) is 22.4 Å². The fourth-order valence-corrected chi connectivity index (χ4v) is 3.45. The van der Waals surface area contributed by atoms with Crippen LogP contribution >= 0.6 is 0 Å². The van der Waals surface area contributed by atoms with Gasteiger partial charge in [-0.2, -0.15) is 0 Å². The zero-order chi connectivity index (χ0) is 19.5. The van der Waals surface area contributed by atoms with Crippen LogP contribution in [0.4, 0.5) is 20.2 Å². The Hall–Kier alpha value is -2.48. The highest BCUT2D eigenvalue weighted by atomic mass is 32.2. The van der Waals surface area contributed by atoms with E-state index in [1.165, 1.54) is 10.4 Å². The largest absolute Gasteiger partial charge is 0.326 e. The van der Waals surface area contributed by atoms with Crippen LogP contribution in [0.3, 0.4) is 0 Å². The maximum absolute atomic E-state index is 13.2. The smallest absolute Gasteiger partial charge is 0.232 e. The van der Waals surface area contributed by atoms with Gasteiger partial charge in [-0.05, 0) is 43.2 Å². The lowest BCUT2D eigenvalue weighted by Gasteiger charge is -2.24. The topological polar surface area (TPSA) is 66.5 Å². The molecule has 0 radical (unpaired) electrons. The fraction of sp³-hybridized carbons (Fsp3) is 0.278. The van der Waals surface area contributed by atoms with E-state index < -0.39 is 27.6 Å². The summed E-state index contributed by atoms with van der Waals surface area (Å²) in [6, 6.07) is 8.30. The van der Waals surface area contributed by atoms with Crippen LogP contribution in [0.1, 0.15) is 17.5 Å². The molecule has 2 rings (SSSR count). The first-order valence-electron chi connectivity index (χ1n) is 7.88. The molecule has 0 heterocycles. The molecule has 0 aromatic heterocycles. The molecule has 0 atom stereocenters. The van der Waals surface area contributed by atoms with E-state index >= 15 is 0 Å². The first kappa shape index (κ1) is 19.8. The minimum Gasteiger partial charge on any atom is -0.326 e. The Morgan fingerprint density at radius 2 is 1.81 bits per heavy atom. The lowest BCUT2D eigenvalue weighted by Crippen LogP contribution is -2.33. The van der Waals surface area contributed by atoms with E-state index in [4.69, 9.17) is 0 Å². The Bertz CT molecular complexity index is 930. The molecule has 0 saturated heterocycles. The molecule has 0 saturated carbocycles. The zero-order valence-electron chi connectivity index (χ0n) is 14.7. The minimum atomic E-state index is -3.59. The highest BCUT2D eigenvalue weighted by Gasteiger charge is 2.21. The Kier molecular flexibility index (Phi) is 5.97. The first-order chi connectivity index (χ1) is 12.1. The summed E-state index contributed by atoms with van der Waals surface area (Å²) < 4.78 is 51.6. The van der Waals surface area contributed by atoms with Crippen LogP contribution in [0.5, 0.6) is 0 Å².